The molecule has 2 aromatic rings. The molecule has 2 heterocycles. The lowest BCUT2D eigenvalue weighted by Crippen LogP contribution is -2.50. The Labute approximate surface area is 164 Å². The van der Waals surface area contributed by atoms with Crippen molar-refractivity contribution in [3.05, 3.63) is 52.8 Å². The van der Waals surface area contributed by atoms with Gasteiger partial charge in [0.15, 0.2) is 0 Å². The summed E-state index contributed by atoms with van der Waals surface area (Å²) in [7, 11) is 1.59. The summed E-state index contributed by atoms with van der Waals surface area (Å²) in [6.07, 6.45) is 2.23. The van der Waals surface area contributed by atoms with Gasteiger partial charge in [0.05, 0.1) is 12.8 Å². The number of piperazine rings is 1. The zero-order chi connectivity index (χ0) is 18.8. The Bertz CT molecular complexity index is 808. The van der Waals surface area contributed by atoms with E-state index in [1.165, 1.54) is 23.4 Å². The van der Waals surface area contributed by atoms with Crippen molar-refractivity contribution >= 4 is 23.0 Å². The van der Waals surface area contributed by atoms with E-state index < -0.39 is 0 Å². The van der Waals surface area contributed by atoms with Crippen molar-refractivity contribution in [1.29, 1.82) is 0 Å². The SMILES string of the molecule is COc1cc(F)ccc1N1CCN(CC2CCc3ccc(Cl)cc3N2)CC1. The van der Waals surface area contributed by atoms with E-state index in [0.717, 1.165) is 56.3 Å². The Hall–Kier alpha value is -1.98. The summed E-state index contributed by atoms with van der Waals surface area (Å²) in [5, 5.41) is 4.43. The largest absolute Gasteiger partial charge is 0.494 e. The first-order valence-electron chi connectivity index (χ1n) is 9.48. The number of anilines is 2. The molecule has 1 N–H and O–H groups in total. The number of methoxy groups -OCH3 is 1. The maximum Gasteiger partial charge on any atom is 0.145 e. The zero-order valence-electron chi connectivity index (χ0n) is 15.5. The van der Waals surface area contributed by atoms with E-state index in [4.69, 9.17) is 16.3 Å². The molecule has 4 rings (SSSR count). The summed E-state index contributed by atoms with van der Waals surface area (Å²) >= 11 is 6.14. The molecule has 0 aromatic heterocycles. The van der Waals surface area contributed by atoms with Crippen LogP contribution in [0.5, 0.6) is 5.75 Å². The fourth-order valence-corrected chi connectivity index (χ4v) is 4.23. The number of hydrogen-bond donors (Lipinski definition) is 1. The molecule has 2 aliphatic rings. The highest BCUT2D eigenvalue weighted by Gasteiger charge is 2.24. The molecule has 0 bridgehead atoms. The van der Waals surface area contributed by atoms with Crippen LogP contribution in [0.1, 0.15) is 12.0 Å². The molecule has 0 radical (unpaired) electrons. The average Bonchev–Trinajstić information content (AvgIpc) is 2.68. The van der Waals surface area contributed by atoms with Gasteiger partial charge in [-0.1, -0.05) is 17.7 Å². The van der Waals surface area contributed by atoms with Crippen LogP contribution in [-0.4, -0.2) is 50.8 Å². The number of fused-ring (bicyclic) bond motifs is 1. The lowest BCUT2D eigenvalue weighted by molar-refractivity contribution is 0.242. The van der Waals surface area contributed by atoms with Crippen LogP contribution < -0.4 is 15.0 Å². The molecule has 1 fully saturated rings. The highest BCUT2D eigenvalue weighted by Crippen LogP contribution is 2.31. The molecule has 144 valence electrons. The summed E-state index contributed by atoms with van der Waals surface area (Å²) in [6.45, 7) is 4.83. The molecule has 0 saturated carbocycles. The van der Waals surface area contributed by atoms with Crippen LogP contribution in [0.2, 0.25) is 5.02 Å². The van der Waals surface area contributed by atoms with Crippen molar-refractivity contribution in [1.82, 2.24) is 4.90 Å². The van der Waals surface area contributed by atoms with Gasteiger partial charge in [-0.05, 0) is 42.7 Å². The third-order valence-corrected chi connectivity index (χ3v) is 5.76. The van der Waals surface area contributed by atoms with Gasteiger partial charge in [-0.3, -0.25) is 4.90 Å². The first kappa shape index (κ1) is 18.4. The van der Waals surface area contributed by atoms with Gasteiger partial charge in [0.25, 0.3) is 0 Å². The van der Waals surface area contributed by atoms with Gasteiger partial charge >= 0.3 is 0 Å². The van der Waals surface area contributed by atoms with Crippen molar-refractivity contribution in [3.63, 3.8) is 0 Å². The van der Waals surface area contributed by atoms with E-state index in [9.17, 15) is 4.39 Å². The van der Waals surface area contributed by atoms with Crippen LogP contribution >= 0.6 is 11.6 Å². The van der Waals surface area contributed by atoms with Gasteiger partial charge in [0.2, 0.25) is 0 Å². The predicted octanol–water partition coefficient (Wildman–Crippen LogP) is 4.04. The molecule has 1 unspecified atom stereocenters. The molecule has 2 aromatic carbocycles. The van der Waals surface area contributed by atoms with Gasteiger partial charge in [-0.25, -0.2) is 4.39 Å². The van der Waals surface area contributed by atoms with Crippen molar-refractivity contribution in [2.24, 2.45) is 0 Å². The molecule has 4 nitrogen and oxygen atoms in total. The third kappa shape index (κ3) is 4.14. The zero-order valence-corrected chi connectivity index (χ0v) is 16.3. The first-order valence-corrected chi connectivity index (χ1v) is 9.86. The standard InChI is InChI=1S/C21H25ClFN3O/c1-27-21-13-17(23)5-7-20(21)26-10-8-25(9-11-26)14-18-6-3-15-2-4-16(22)12-19(15)24-18/h2,4-5,7,12-13,18,24H,3,6,8-11,14H2,1H3. The number of halogens is 2. The Morgan fingerprint density at radius 3 is 2.74 bits per heavy atom. The minimum Gasteiger partial charge on any atom is -0.494 e. The van der Waals surface area contributed by atoms with E-state index in [1.807, 2.05) is 18.2 Å². The molecule has 2 aliphatic heterocycles. The second-order valence-electron chi connectivity index (χ2n) is 7.29. The maximum atomic E-state index is 13.4. The predicted molar refractivity (Wildman–Crippen MR) is 109 cm³/mol. The summed E-state index contributed by atoms with van der Waals surface area (Å²) < 4.78 is 18.8. The van der Waals surface area contributed by atoms with Crippen molar-refractivity contribution < 1.29 is 9.13 Å². The van der Waals surface area contributed by atoms with E-state index in [2.05, 4.69) is 21.2 Å². The van der Waals surface area contributed by atoms with Crippen LogP contribution in [0.15, 0.2) is 36.4 Å². The molecule has 0 amide bonds. The second-order valence-corrected chi connectivity index (χ2v) is 7.72. The number of rotatable bonds is 4. The summed E-state index contributed by atoms with van der Waals surface area (Å²) in [5.41, 5.74) is 3.50. The van der Waals surface area contributed by atoms with Crippen molar-refractivity contribution in [2.75, 3.05) is 50.1 Å². The van der Waals surface area contributed by atoms with E-state index in [1.54, 1.807) is 7.11 Å². The molecule has 0 spiro atoms. The van der Waals surface area contributed by atoms with Crippen LogP contribution in [0, 0.1) is 5.82 Å². The van der Waals surface area contributed by atoms with Crippen LogP contribution in [0.25, 0.3) is 0 Å². The molecule has 1 saturated heterocycles. The first-order chi connectivity index (χ1) is 13.1. The fraction of sp³-hybridized carbons (Fsp3) is 0.429. The Morgan fingerprint density at radius 2 is 1.96 bits per heavy atom. The number of nitrogens with zero attached hydrogens (tertiary/aromatic N) is 2. The van der Waals surface area contributed by atoms with Gasteiger partial charge < -0.3 is 15.0 Å². The Balaban J connectivity index is 1.34. The molecule has 6 heteroatoms. The molecular formula is C21H25ClFN3O. The lowest BCUT2D eigenvalue weighted by Gasteiger charge is -2.39. The quantitative estimate of drug-likeness (QED) is 0.854. The van der Waals surface area contributed by atoms with Crippen LogP contribution in [-0.2, 0) is 6.42 Å². The molecule has 1 atom stereocenters. The topological polar surface area (TPSA) is 27.7 Å². The Morgan fingerprint density at radius 1 is 1.15 bits per heavy atom. The fourth-order valence-electron chi connectivity index (χ4n) is 4.06. The summed E-state index contributed by atoms with van der Waals surface area (Å²) in [4.78, 5) is 4.78. The van der Waals surface area contributed by atoms with Gasteiger partial charge in [0.1, 0.15) is 11.6 Å². The third-order valence-electron chi connectivity index (χ3n) is 5.53. The highest BCUT2D eigenvalue weighted by atomic mass is 35.5. The number of nitrogens with one attached hydrogen (secondary N) is 1. The normalized spacial score (nSPS) is 20.1. The minimum absolute atomic E-state index is 0.266. The van der Waals surface area contributed by atoms with E-state index in [0.29, 0.717) is 11.8 Å². The van der Waals surface area contributed by atoms with Crippen molar-refractivity contribution in [3.8, 4) is 5.75 Å². The number of hydrogen-bond acceptors (Lipinski definition) is 4. The number of aryl methyl sites for hydroxylation is 1. The second kappa shape index (κ2) is 7.95. The highest BCUT2D eigenvalue weighted by molar-refractivity contribution is 6.30. The monoisotopic (exact) mass is 389 g/mol. The van der Waals surface area contributed by atoms with Crippen LogP contribution in [0.3, 0.4) is 0 Å². The molecule has 27 heavy (non-hydrogen) atoms. The molecule has 0 aliphatic carbocycles. The van der Waals surface area contributed by atoms with E-state index >= 15 is 0 Å². The number of benzene rings is 2. The van der Waals surface area contributed by atoms with Gasteiger partial charge in [-0.2, -0.15) is 0 Å². The van der Waals surface area contributed by atoms with Gasteiger partial charge in [0, 0.05) is 55.5 Å². The average molecular weight is 390 g/mol. The number of ether oxygens (including phenoxy) is 1. The molecular weight excluding hydrogens is 365 g/mol. The summed E-state index contributed by atoms with van der Waals surface area (Å²) in [6, 6.07) is 11.3. The minimum atomic E-state index is -0.266. The summed E-state index contributed by atoms with van der Waals surface area (Å²) in [5.74, 6) is 0.337. The smallest absolute Gasteiger partial charge is 0.145 e. The lowest BCUT2D eigenvalue weighted by atomic mass is 9.97. The maximum absolute atomic E-state index is 13.4. The van der Waals surface area contributed by atoms with Crippen molar-refractivity contribution in [2.45, 2.75) is 18.9 Å². The van der Waals surface area contributed by atoms with Crippen LogP contribution in [0.4, 0.5) is 15.8 Å². The van der Waals surface area contributed by atoms with E-state index in [-0.39, 0.29) is 5.82 Å². The Kier molecular flexibility index (Phi) is 5.41. The van der Waals surface area contributed by atoms with Gasteiger partial charge in [-0.15, -0.1) is 0 Å².